The zero-order valence-corrected chi connectivity index (χ0v) is 3.52. The van der Waals surface area contributed by atoms with Crippen LogP contribution in [-0.2, 0) is 0 Å². The van der Waals surface area contributed by atoms with Gasteiger partial charge in [-0.15, -0.1) is 0 Å². The second kappa shape index (κ2) is 2.43. The Morgan fingerprint density at radius 2 is 1.50 bits per heavy atom. The molecule has 0 aromatic carbocycles. The molecule has 0 spiro atoms. The van der Waals surface area contributed by atoms with Crippen LogP contribution in [0.5, 0.6) is 0 Å². The summed E-state index contributed by atoms with van der Waals surface area (Å²) >= 11 is 0. The number of hydrogen-bond donors (Lipinski definition) is 1. The maximum absolute atomic E-state index is 2.86. The fraction of sp³-hybridized carbons (Fsp3) is 0. The summed E-state index contributed by atoms with van der Waals surface area (Å²) in [6, 6.07) is 3.89. The Labute approximate surface area is 36.8 Å². The molecule has 1 rings (SSSR count). The molecule has 2 heteroatoms. The predicted molar refractivity (Wildman–Crippen MR) is 20.8 cm³/mol. The van der Waals surface area contributed by atoms with Crippen LogP contribution in [0.25, 0.3) is 0 Å². The van der Waals surface area contributed by atoms with Gasteiger partial charge < -0.3 is 4.98 Å². The van der Waals surface area contributed by atoms with E-state index < -0.39 is 0 Å². The molecule has 0 radical (unpaired) electrons. The van der Waals surface area contributed by atoms with Crippen LogP contribution in [0.4, 0.5) is 0 Å². The number of H-pyrrole nitrogens is 1. The topological polar surface area (TPSA) is 15.8 Å². The van der Waals surface area contributed by atoms with Gasteiger partial charge in [0.05, 0.1) is 0 Å². The third-order valence-corrected chi connectivity index (χ3v) is 0.496. The summed E-state index contributed by atoms with van der Waals surface area (Å²) < 4.78 is 0. The molecule has 1 aromatic rings. The van der Waals surface area contributed by atoms with Crippen molar-refractivity contribution in [2.24, 2.45) is 0 Å². The van der Waals surface area contributed by atoms with Crippen LogP contribution < -0.4 is 0 Å². The summed E-state index contributed by atoms with van der Waals surface area (Å²) in [7, 11) is 0. The zero-order valence-electron chi connectivity index (χ0n) is 3.52. The van der Waals surface area contributed by atoms with Gasteiger partial charge in [-0.1, -0.05) is 0 Å². The Hall–Kier alpha value is -0.811. The second-order valence-corrected chi connectivity index (χ2v) is 0.885. The average Bonchev–Trinajstić information content (AvgIpc) is 1.76. The van der Waals surface area contributed by atoms with Crippen molar-refractivity contribution in [1.29, 1.82) is 0 Å². The van der Waals surface area contributed by atoms with E-state index in [-0.39, 0.29) is 6.15 Å². The minimum absolute atomic E-state index is 0. The zero-order chi connectivity index (χ0) is 3.54. The molecule has 0 aliphatic rings. The summed E-state index contributed by atoms with van der Waals surface area (Å²) in [6.07, 6.45) is 3.75. The number of aromatic nitrogens is 1. The fourth-order valence-electron chi connectivity index (χ4n) is 0.278. The first-order valence-electron chi connectivity index (χ1n) is 1.58. The van der Waals surface area contributed by atoms with Crippen molar-refractivity contribution in [3.8, 4) is 0 Å². The third kappa shape index (κ3) is 0.871. The smallest absolute Gasteiger partial charge is 0.000496 e. The molecule has 6 heavy (non-hydrogen) atoms. The van der Waals surface area contributed by atoms with E-state index in [9.17, 15) is 0 Å². The van der Waals surface area contributed by atoms with E-state index in [1.807, 2.05) is 24.5 Å². The van der Waals surface area contributed by atoms with Crippen LogP contribution in [0, 0.1) is 6.15 Å². The van der Waals surface area contributed by atoms with Crippen LogP contribution in [0.2, 0.25) is 0 Å². The average molecular weight is 71.1 g/mol. The van der Waals surface area contributed by atoms with Crippen molar-refractivity contribution in [3.05, 3.63) is 24.5 Å². The molecule has 0 aliphatic carbocycles. The molecular weight excluding hydrogens is 66.1 g/mol. The molecule has 0 unspecified atom stereocenters. The number of rotatable bonds is 0. The van der Waals surface area contributed by atoms with E-state index in [4.69, 9.17) is 0 Å². The van der Waals surface area contributed by atoms with E-state index in [2.05, 4.69) is 4.98 Å². The summed E-state index contributed by atoms with van der Waals surface area (Å²) in [5, 5.41) is 0. The molecule has 0 saturated carbocycles. The molecule has 1 heterocycles. The maximum atomic E-state index is 2.86. The Kier molecular flexibility index (Phi) is 2.10. The first-order valence-corrected chi connectivity index (χ1v) is 1.58. The monoisotopic (exact) mass is 71.0 g/mol. The predicted octanol–water partition coefficient (Wildman–Crippen LogP) is 1.01. The molecule has 28 valence electrons. The maximum Gasteiger partial charge on any atom is 0.000496 e. The Bertz CT molecular complexity index is 64.0. The summed E-state index contributed by atoms with van der Waals surface area (Å²) in [4.78, 5) is 2.86. The number of aromatic amines is 1. The minimum Gasteiger partial charge on any atom is -0.368 e. The van der Waals surface area contributed by atoms with Crippen LogP contribution in [0.3, 0.4) is 0 Å². The van der Waals surface area contributed by atoms with Crippen LogP contribution in [0.15, 0.2) is 24.5 Å². The molecule has 0 aliphatic heterocycles. The Morgan fingerprint density at radius 1 is 1.00 bits per heavy atom. The summed E-state index contributed by atoms with van der Waals surface area (Å²) in [5.41, 5.74) is 0. The Morgan fingerprint density at radius 3 is 1.67 bits per heavy atom. The first kappa shape index (κ1) is 5.19. The van der Waals surface area contributed by atoms with Crippen LogP contribution in [-0.4, -0.2) is 4.98 Å². The third-order valence-electron chi connectivity index (χ3n) is 0.496. The van der Waals surface area contributed by atoms with Crippen molar-refractivity contribution in [3.63, 3.8) is 0 Å². The molecular formula is C4H5HeN. The van der Waals surface area contributed by atoms with Crippen molar-refractivity contribution >= 4 is 0 Å². The van der Waals surface area contributed by atoms with Crippen molar-refractivity contribution in [1.82, 2.24) is 4.98 Å². The van der Waals surface area contributed by atoms with Gasteiger partial charge >= 0.3 is 0 Å². The van der Waals surface area contributed by atoms with Gasteiger partial charge in [0.1, 0.15) is 0 Å². The summed E-state index contributed by atoms with van der Waals surface area (Å²) in [5.74, 6) is 0. The SMILES string of the molecule is [He].c1cc[nH]c1. The molecule has 0 saturated heterocycles. The molecule has 0 fully saturated rings. The van der Waals surface area contributed by atoms with Gasteiger partial charge in [0.25, 0.3) is 0 Å². The van der Waals surface area contributed by atoms with E-state index in [1.54, 1.807) is 0 Å². The van der Waals surface area contributed by atoms with Gasteiger partial charge in [0.15, 0.2) is 0 Å². The van der Waals surface area contributed by atoms with E-state index in [1.165, 1.54) is 0 Å². The minimum atomic E-state index is 0. The molecule has 0 bridgehead atoms. The quantitative estimate of drug-likeness (QED) is 0.470. The van der Waals surface area contributed by atoms with Gasteiger partial charge in [-0.2, -0.15) is 0 Å². The van der Waals surface area contributed by atoms with Gasteiger partial charge in [-0.25, -0.2) is 0 Å². The second-order valence-electron chi connectivity index (χ2n) is 0.885. The van der Waals surface area contributed by atoms with Crippen molar-refractivity contribution < 1.29 is 6.15 Å². The van der Waals surface area contributed by atoms with Gasteiger partial charge in [0, 0.05) is 18.5 Å². The van der Waals surface area contributed by atoms with Crippen molar-refractivity contribution in [2.75, 3.05) is 0 Å². The molecule has 1 N–H and O–H groups in total. The molecule has 0 atom stereocenters. The Balaban J connectivity index is 0.000000250. The number of nitrogens with one attached hydrogen (secondary N) is 1. The molecule has 0 amide bonds. The largest absolute Gasteiger partial charge is 0.368 e. The van der Waals surface area contributed by atoms with Gasteiger partial charge in [-0.3, -0.25) is 0 Å². The first-order chi connectivity index (χ1) is 2.50. The van der Waals surface area contributed by atoms with Crippen molar-refractivity contribution in [2.45, 2.75) is 0 Å². The van der Waals surface area contributed by atoms with Crippen LogP contribution in [0.1, 0.15) is 0 Å². The van der Waals surface area contributed by atoms with Gasteiger partial charge in [0.2, 0.25) is 0 Å². The molecule has 1 aromatic heterocycles. The van der Waals surface area contributed by atoms with E-state index >= 15 is 0 Å². The normalized spacial score (nSPS) is 6.67. The van der Waals surface area contributed by atoms with E-state index in [0.717, 1.165) is 0 Å². The standard InChI is InChI=1S/C4H5N.He/c1-2-4-5-3-1;/h1-5H;. The van der Waals surface area contributed by atoms with Gasteiger partial charge in [-0.05, 0) is 12.1 Å². The fourth-order valence-corrected chi connectivity index (χ4v) is 0.278. The molecule has 1 nitrogen and oxygen atoms in total. The van der Waals surface area contributed by atoms with E-state index in [0.29, 0.717) is 0 Å². The number of hydrogen-bond acceptors (Lipinski definition) is 0. The summed E-state index contributed by atoms with van der Waals surface area (Å²) in [6.45, 7) is 0. The van der Waals surface area contributed by atoms with Crippen LogP contribution >= 0.6 is 0 Å².